The first-order valence-electron chi connectivity index (χ1n) is 6.85. The zero-order chi connectivity index (χ0) is 16.3. The number of hydrogen-bond acceptors (Lipinski definition) is 2. The summed E-state index contributed by atoms with van der Waals surface area (Å²) in [6, 6.07) is 12.9. The van der Waals surface area contributed by atoms with E-state index in [0.29, 0.717) is 22.2 Å². The number of rotatable bonds is 4. The van der Waals surface area contributed by atoms with E-state index in [2.05, 4.69) is 0 Å². The Bertz CT molecular complexity index is 686. The fourth-order valence-electron chi connectivity index (χ4n) is 2.12. The van der Waals surface area contributed by atoms with Crippen molar-refractivity contribution in [2.75, 3.05) is 26.0 Å². The lowest BCUT2D eigenvalue weighted by atomic mass is 10.1. The van der Waals surface area contributed by atoms with E-state index in [4.69, 9.17) is 23.2 Å². The van der Waals surface area contributed by atoms with Gasteiger partial charge in [0, 0.05) is 38.9 Å². The molecule has 0 aromatic heterocycles. The lowest BCUT2D eigenvalue weighted by Gasteiger charge is -2.19. The van der Waals surface area contributed by atoms with Gasteiger partial charge in [-0.2, -0.15) is 0 Å². The highest BCUT2D eigenvalue weighted by atomic mass is 35.5. The number of halogens is 2. The van der Waals surface area contributed by atoms with Gasteiger partial charge in [0.25, 0.3) is 5.91 Å². The maximum atomic E-state index is 12.5. The van der Waals surface area contributed by atoms with Gasteiger partial charge in [-0.1, -0.05) is 35.3 Å². The molecule has 0 aliphatic heterocycles. The standard InChI is InChI=1S/C17H18Cl2N2O/c1-20(2)14-6-4-5-13(10-14)17(22)21(3)11-12-7-8-15(18)16(19)9-12/h4-10H,11H2,1-3H3. The summed E-state index contributed by atoms with van der Waals surface area (Å²) in [6.45, 7) is 0.474. The van der Waals surface area contributed by atoms with E-state index in [1.807, 2.05) is 49.3 Å². The number of carbonyl (C=O) groups is 1. The second-order valence-corrected chi connectivity index (χ2v) is 6.17. The Hall–Kier alpha value is -1.71. The molecule has 0 heterocycles. The molecule has 3 nitrogen and oxygen atoms in total. The number of anilines is 1. The Morgan fingerprint density at radius 1 is 1.00 bits per heavy atom. The summed E-state index contributed by atoms with van der Waals surface area (Å²) in [7, 11) is 5.67. The van der Waals surface area contributed by atoms with Crippen LogP contribution in [0.25, 0.3) is 0 Å². The highest BCUT2D eigenvalue weighted by Gasteiger charge is 2.13. The molecule has 0 saturated heterocycles. The van der Waals surface area contributed by atoms with Gasteiger partial charge in [-0.25, -0.2) is 0 Å². The highest BCUT2D eigenvalue weighted by Crippen LogP contribution is 2.23. The van der Waals surface area contributed by atoms with E-state index < -0.39 is 0 Å². The summed E-state index contributed by atoms with van der Waals surface area (Å²) in [5.41, 5.74) is 2.59. The molecule has 0 fully saturated rings. The van der Waals surface area contributed by atoms with E-state index in [9.17, 15) is 4.79 Å². The molecule has 0 spiro atoms. The van der Waals surface area contributed by atoms with Crippen molar-refractivity contribution in [3.05, 3.63) is 63.6 Å². The number of carbonyl (C=O) groups excluding carboxylic acids is 1. The first kappa shape index (κ1) is 16.7. The van der Waals surface area contributed by atoms with E-state index in [-0.39, 0.29) is 5.91 Å². The molecule has 1 amide bonds. The van der Waals surface area contributed by atoms with Crippen LogP contribution in [-0.4, -0.2) is 32.0 Å². The second-order valence-electron chi connectivity index (χ2n) is 5.35. The molecule has 116 valence electrons. The fraction of sp³-hybridized carbons (Fsp3) is 0.235. The van der Waals surface area contributed by atoms with E-state index in [1.54, 1.807) is 24.1 Å². The normalized spacial score (nSPS) is 10.4. The Morgan fingerprint density at radius 3 is 2.36 bits per heavy atom. The predicted molar refractivity (Wildman–Crippen MR) is 93.0 cm³/mol. The number of benzene rings is 2. The topological polar surface area (TPSA) is 23.6 Å². The molecular formula is C17H18Cl2N2O. The maximum Gasteiger partial charge on any atom is 0.253 e. The smallest absolute Gasteiger partial charge is 0.253 e. The van der Waals surface area contributed by atoms with Crippen LogP contribution in [0.1, 0.15) is 15.9 Å². The van der Waals surface area contributed by atoms with Crippen LogP contribution in [0, 0.1) is 0 Å². The lowest BCUT2D eigenvalue weighted by Crippen LogP contribution is -2.26. The molecule has 2 rings (SSSR count). The van der Waals surface area contributed by atoms with Crippen molar-refractivity contribution in [3.63, 3.8) is 0 Å². The molecule has 5 heteroatoms. The van der Waals surface area contributed by atoms with Crippen LogP contribution in [0.15, 0.2) is 42.5 Å². The monoisotopic (exact) mass is 336 g/mol. The molecule has 0 saturated carbocycles. The Kier molecular flexibility index (Phi) is 5.33. The average molecular weight is 337 g/mol. The van der Waals surface area contributed by atoms with Crippen LogP contribution in [-0.2, 0) is 6.54 Å². The fourth-order valence-corrected chi connectivity index (χ4v) is 2.44. The third kappa shape index (κ3) is 3.93. The minimum atomic E-state index is -0.0326. The van der Waals surface area contributed by atoms with Crippen molar-refractivity contribution < 1.29 is 4.79 Å². The van der Waals surface area contributed by atoms with Gasteiger partial charge in [0.15, 0.2) is 0 Å². The average Bonchev–Trinajstić information content (AvgIpc) is 2.50. The summed E-state index contributed by atoms with van der Waals surface area (Å²) in [6.07, 6.45) is 0. The molecular weight excluding hydrogens is 319 g/mol. The Morgan fingerprint density at radius 2 is 1.73 bits per heavy atom. The van der Waals surface area contributed by atoms with Crippen molar-refractivity contribution in [2.24, 2.45) is 0 Å². The van der Waals surface area contributed by atoms with Gasteiger partial charge in [-0.3, -0.25) is 4.79 Å². The summed E-state index contributed by atoms with van der Waals surface area (Å²) in [4.78, 5) is 16.2. The van der Waals surface area contributed by atoms with Crippen LogP contribution in [0.5, 0.6) is 0 Å². The van der Waals surface area contributed by atoms with Crippen LogP contribution in [0.4, 0.5) is 5.69 Å². The van der Waals surface area contributed by atoms with Crippen molar-refractivity contribution >= 4 is 34.8 Å². The van der Waals surface area contributed by atoms with Gasteiger partial charge < -0.3 is 9.80 Å². The van der Waals surface area contributed by atoms with Crippen molar-refractivity contribution in [2.45, 2.75) is 6.54 Å². The molecule has 22 heavy (non-hydrogen) atoms. The summed E-state index contributed by atoms with van der Waals surface area (Å²) in [5.74, 6) is -0.0326. The molecule has 0 unspecified atom stereocenters. The molecule has 2 aromatic carbocycles. The zero-order valence-corrected chi connectivity index (χ0v) is 14.3. The molecule has 0 aliphatic rings. The number of nitrogens with zero attached hydrogens (tertiary/aromatic N) is 2. The van der Waals surface area contributed by atoms with Crippen molar-refractivity contribution in [1.29, 1.82) is 0 Å². The number of amides is 1. The van der Waals surface area contributed by atoms with E-state index >= 15 is 0 Å². The van der Waals surface area contributed by atoms with Gasteiger partial charge >= 0.3 is 0 Å². The molecule has 0 N–H and O–H groups in total. The van der Waals surface area contributed by atoms with Gasteiger partial charge in [-0.05, 0) is 35.9 Å². The van der Waals surface area contributed by atoms with Crippen LogP contribution in [0.3, 0.4) is 0 Å². The molecule has 0 radical (unpaired) electrons. The molecule has 0 aliphatic carbocycles. The third-order valence-electron chi connectivity index (χ3n) is 3.36. The maximum absolute atomic E-state index is 12.5. The second kappa shape index (κ2) is 7.03. The van der Waals surface area contributed by atoms with E-state index in [1.165, 1.54) is 0 Å². The summed E-state index contributed by atoms with van der Waals surface area (Å²) in [5, 5.41) is 1.01. The minimum absolute atomic E-state index is 0.0326. The highest BCUT2D eigenvalue weighted by molar-refractivity contribution is 6.42. The molecule has 0 bridgehead atoms. The Balaban J connectivity index is 2.15. The van der Waals surface area contributed by atoms with Crippen molar-refractivity contribution in [1.82, 2.24) is 4.90 Å². The van der Waals surface area contributed by atoms with Gasteiger partial charge in [0.2, 0.25) is 0 Å². The molecule has 0 atom stereocenters. The lowest BCUT2D eigenvalue weighted by molar-refractivity contribution is 0.0785. The van der Waals surface area contributed by atoms with Gasteiger partial charge in [-0.15, -0.1) is 0 Å². The largest absolute Gasteiger partial charge is 0.378 e. The zero-order valence-electron chi connectivity index (χ0n) is 12.8. The molecule has 2 aromatic rings. The van der Waals surface area contributed by atoms with Crippen LogP contribution in [0.2, 0.25) is 10.0 Å². The SMILES string of the molecule is CN(Cc1ccc(Cl)c(Cl)c1)C(=O)c1cccc(N(C)C)c1. The van der Waals surface area contributed by atoms with Gasteiger partial charge in [0.05, 0.1) is 10.0 Å². The quantitative estimate of drug-likeness (QED) is 0.829. The number of hydrogen-bond donors (Lipinski definition) is 0. The third-order valence-corrected chi connectivity index (χ3v) is 4.10. The van der Waals surface area contributed by atoms with Gasteiger partial charge in [0.1, 0.15) is 0 Å². The minimum Gasteiger partial charge on any atom is -0.378 e. The van der Waals surface area contributed by atoms with E-state index in [0.717, 1.165) is 11.3 Å². The Labute approximate surface area is 141 Å². The first-order valence-corrected chi connectivity index (χ1v) is 7.61. The van der Waals surface area contributed by atoms with Crippen LogP contribution < -0.4 is 4.90 Å². The predicted octanol–water partition coefficient (Wildman–Crippen LogP) is 4.33. The van der Waals surface area contributed by atoms with Crippen LogP contribution >= 0.6 is 23.2 Å². The summed E-state index contributed by atoms with van der Waals surface area (Å²) < 4.78 is 0. The first-order chi connectivity index (χ1) is 10.4. The summed E-state index contributed by atoms with van der Waals surface area (Å²) >= 11 is 11.9. The van der Waals surface area contributed by atoms with Crippen molar-refractivity contribution in [3.8, 4) is 0 Å².